The minimum absolute atomic E-state index is 0.425. The fourth-order valence-electron chi connectivity index (χ4n) is 3.00. The van der Waals surface area contributed by atoms with Crippen LogP contribution in [0.2, 0.25) is 0 Å². The molecule has 3 nitrogen and oxygen atoms in total. The molecule has 1 aliphatic carbocycles. The largest absolute Gasteiger partial charge is 0.389 e. The van der Waals surface area contributed by atoms with Crippen LogP contribution in [0.5, 0.6) is 0 Å². The summed E-state index contributed by atoms with van der Waals surface area (Å²) in [4.78, 5) is 4.90. The molecule has 2 unspecified atom stereocenters. The lowest BCUT2D eigenvalue weighted by Gasteiger charge is -2.32. The number of hydrogen-bond donors (Lipinski definition) is 2. The van der Waals surface area contributed by atoms with Crippen molar-refractivity contribution in [2.24, 2.45) is 5.73 Å². The first-order valence-electron chi connectivity index (χ1n) is 7.10. The number of nitrogens with zero attached hydrogens (tertiary/aromatic N) is 1. The van der Waals surface area contributed by atoms with Crippen molar-refractivity contribution in [1.82, 2.24) is 4.98 Å². The average molecular weight is 310 g/mol. The monoisotopic (exact) mass is 309 g/mol. The maximum absolute atomic E-state index is 5.88. The summed E-state index contributed by atoms with van der Waals surface area (Å²) in [6, 6.07) is 2.56. The Morgan fingerprint density at radius 3 is 2.75 bits per heavy atom. The predicted molar refractivity (Wildman–Crippen MR) is 92.8 cm³/mol. The molecule has 2 atom stereocenters. The maximum atomic E-state index is 5.88. The van der Waals surface area contributed by atoms with Crippen molar-refractivity contribution in [2.45, 2.75) is 50.8 Å². The third kappa shape index (κ3) is 3.44. The van der Waals surface area contributed by atoms with E-state index in [4.69, 9.17) is 18.0 Å². The summed E-state index contributed by atoms with van der Waals surface area (Å²) in [6.07, 6.45) is 7.32. The topological polar surface area (TPSA) is 50.9 Å². The molecule has 1 aliphatic rings. The number of nitrogens with one attached hydrogen (secondary N) is 1. The Balaban J connectivity index is 2.30. The molecule has 5 heteroatoms. The van der Waals surface area contributed by atoms with Gasteiger partial charge in [-0.15, -0.1) is 0 Å². The van der Waals surface area contributed by atoms with E-state index in [-0.39, 0.29) is 0 Å². The number of aryl methyl sites for hydroxylation is 2. The van der Waals surface area contributed by atoms with E-state index in [1.54, 1.807) is 0 Å². The van der Waals surface area contributed by atoms with Gasteiger partial charge in [-0.2, -0.15) is 11.8 Å². The summed E-state index contributed by atoms with van der Waals surface area (Å²) >= 11 is 7.15. The van der Waals surface area contributed by atoms with Crippen LogP contribution in [0.4, 0.5) is 5.69 Å². The highest BCUT2D eigenvalue weighted by Gasteiger charge is 2.25. The Morgan fingerprint density at radius 1 is 1.40 bits per heavy atom. The number of thioether (sulfide) groups is 1. The van der Waals surface area contributed by atoms with Crippen LogP contribution in [0.3, 0.4) is 0 Å². The van der Waals surface area contributed by atoms with Crippen LogP contribution in [0, 0.1) is 13.8 Å². The van der Waals surface area contributed by atoms with E-state index in [1.165, 1.54) is 25.7 Å². The molecule has 20 heavy (non-hydrogen) atoms. The van der Waals surface area contributed by atoms with E-state index in [2.05, 4.69) is 22.6 Å². The molecule has 0 saturated heterocycles. The van der Waals surface area contributed by atoms with Crippen molar-refractivity contribution < 1.29 is 0 Å². The second kappa shape index (κ2) is 6.76. The maximum Gasteiger partial charge on any atom is 0.107 e. The summed E-state index contributed by atoms with van der Waals surface area (Å²) in [5.41, 5.74) is 9.75. The first-order valence-corrected chi connectivity index (χ1v) is 8.80. The highest BCUT2D eigenvalue weighted by molar-refractivity contribution is 7.99. The van der Waals surface area contributed by atoms with Gasteiger partial charge in [-0.25, -0.2) is 0 Å². The number of anilines is 1. The van der Waals surface area contributed by atoms with Crippen LogP contribution in [0.25, 0.3) is 0 Å². The van der Waals surface area contributed by atoms with E-state index in [0.717, 1.165) is 22.6 Å². The molecule has 0 spiro atoms. The molecule has 1 heterocycles. The normalized spacial score (nSPS) is 22.6. The van der Waals surface area contributed by atoms with E-state index in [9.17, 15) is 0 Å². The zero-order valence-electron chi connectivity index (χ0n) is 12.4. The summed E-state index contributed by atoms with van der Waals surface area (Å²) in [7, 11) is 0. The molecule has 0 radical (unpaired) electrons. The van der Waals surface area contributed by atoms with Crippen molar-refractivity contribution in [3.05, 3.63) is 23.0 Å². The van der Waals surface area contributed by atoms with Crippen LogP contribution in [-0.4, -0.2) is 27.5 Å². The summed E-state index contributed by atoms with van der Waals surface area (Å²) < 4.78 is 0. The zero-order valence-corrected chi connectivity index (χ0v) is 14.0. The molecule has 1 saturated carbocycles. The minimum atomic E-state index is 0.425. The molecular weight excluding hydrogens is 286 g/mol. The summed E-state index contributed by atoms with van der Waals surface area (Å²) in [5.74, 6) is 0. The number of pyridine rings is 1. The zero-order chi connectivity index (χ0) is 14.7. The van der Waals surface area contributed by atoms with Crippen molar-refractivity contribution in [2.75, 3.05) is 11.6 Å². The van der Waals surface area contributed by atoms with Gasteiger partial charge in [0.25, 0.3) is 0 Å². The number of hydrogen-bond acceptors (Lipinski definition) is 4. The van der Waals surface area contributed by atoms with Gasteiger partial charge in [0.1, 0.15) is 4.99 Å². The average Bonchev–Trinajstić information content (AvgIpc) is 2.38. The van der Waals surface area contributed by atoms with Gasteiger partial charge in [0, 0.05) is 28.4 Å². The lowest BCUT2D eigenvalue weighted by atomic mass is 9.94. The lowest BCUT2D eigenvalue weighted by molar-refractivity contribution is 0.475. The number of nitrogens with two attached hydrogens (primary N) is 1. The Hall–Kier alpha value is -0.810. The molecule has 3 N–H and O–H groups in total. The van der Waals surface area contributed by atoms with Gasteiger partial charge >= 0.3 is 0 Å². The lowest BCUT2D eigenvalue weighted by Crippen LogP contribution is -2.35. The molecule has 110 valence electrons. The van der Waals surface area contributed by atoms with E-state index in [1.807, 2.05) is 25.6 Å². The summed E-state index contributed by atoms with van der Waals surface area (Å²) in [6.45, 7) is 3.98. The number of thiocarbonyl (C=S) groups is 1. The molecule has 0 amide bonds. The Morgan fingerprint density at radius 2 is 2.10 bits per heavy atom. The highest BCUT2D eigenvalue weighted by Crippen LogP contribution is 2.31. The number of aromatic nitrogens is 1. The fraction of sp³-hybridized carbons (Fsp3) is 0.600. The SMILES string of the molecule is CSC1CCCCC1Nc1cc(C)nc(C)c1C(N)=S. The quantitative estimate of drug-likeness (QED) is 0.835. The predicted octanol–water partition coefficient (Wildman–Crippen LogP) is 3.42. The Labute approximate surface area is 131 Å². The Kier molecular flexibility index (Phi) is 5.27. The highest BCUT2D eigenvalue weighted by atomic mass is 32.2. The smallest absolute Gasteiger partial charge is 0.107 e. The van der Waals surface area contributed by atoms with E-state index < -0.39 is 0 Å². The molecule has 1 aromatic heterocycles. The van der Waals surface area contributed by atoms with Gasteiger partial charge < -0.3 is 11.1 Å². The van der Waals surface area contributed by atoms with Gasteiger partial charge in [-0.1, -0.05) is 25.1 Å². The van der Waals surface area contributed by atoms with Crippen molar-refractivity contribution in [1.29, 1.82) is 0 Å². The third-order valence-corrected chi connectivity index (χ3v) is 5.29. The van der Waals surface area contributed by atoms with Crippen molar-refractivity contribution in [3.63, 3.8) is 0 Å². The second-order valence-electron chi connectivity index (χ2n) is 5.45. The van der Waals surface area contributed by atoms with E-state index >= 15 is 0 Å². The van der Waals surface area contributed by atoms with Crippen molar-refractivity contribution >= 4 is 34.7 Å². The molecule has 1 aromatic rings. The molecule has 1 fully saturated rings. The standard InChI is InChI=1S/C15H23N3S2/c1-9-8-12(14(15(16)19)10(2)17-9)18-11-6-4-5-7-13(11)20-3/h8,11,13H,4-7H2,1-3H3,(H2,16,19)(H,17,18). The van der Waals surface area contributed by atoms with E-state index in [0.29, 0.717) is 16.3 Å². The van der Waals surface area contributed by atoms with Crippen LogP contribution in [0.1, 0.15) is 42.6 Å². The van der Waals surface area contributed by atoms with Gasteiger partial charge in [-0.3, -0.25) is 4.98 Å². The molecule has 0 aromatic carbocycles. The van der Waals surface area contributed by atoms with Crippen LogP contribution >= 0.6 is 24.0 Å². The first kappa shape index (κ1) is 15.6. The van der Waals surface area contributed by atoms with Gasteiger partial charge in [-0.05, 0) is 39.0 Å². The van der Waals surface area contributed by atoms with Crippen molar-refractivity contribution in [3.8, 4) is 0 Å². The molecule has 2 rings (SSSR count). The van der Waals surface area contributed by atoms with Crippen LogP contribution in [-0.2, 0) is 0 Å². The molecular formula is C15H23N3S2. The van der Waals surface area contributed by atoms with Gasteiger partial charge in [0.05, 0.1) is 5.56 Å². The molecule has 0 aliphatic heterocycles. The Bertz CT molecular complexity index is 502. The van der Waals surface area contributed by atoms with Gasteiger partial charge in [0.2, 0.25) is 0 Å². The van der Waals surface area contributed by atoms with Crippen LogP contribution in [0.15, 0.2) is 6.07 Å². The fourth-order valence-corrected chi connectivity index (χ4v) is 4.19. The van der Waals surface area contributed by atoms with Crippen LogP contribution < -0.4 is 11.1 Å². The second-order valence-corrected chi connectivity index (χ2v) is 6.96. The summed E-state index contributed by atoms with van der Waals surface area (Å²) in [5, 5.41) is 4.35. The minimum Gasteiger partial charge on any atom is -0.389 e. The molecule has 0 bridgehead atoms. The third-order valence-electron chi connectivity index (χ3n) is 3.92. The first-order chi connectivity index (χ1) is 9.52. The van der Waals surface area contributed by atoms with Gasteiger partial charge in [0.15, 0.2) is 0 Å². The number of rotatable bonds is 4.